The predicted octanol–water partition coefficient (Wildman–Crippen LogP) is 1.73. The molecule has 0 bridgehead atoms. The fourth-order valence-corrected chi connectivity index (χ4v) is 3.13. The van der Waals surface area contributed by atoms with Gasteiger partial charge in [-0.2, -0.15) is 0 Å². The zero-order valence-corrected chi connectivity index (χ0v) is 13.1. The van der Waals surface area contributed by atoms with Gasteiger partial charge in [-0.05, 0) is 20.9 Å². The van der Waals surface area contributed by atoms with Crippen molar-refractivity contribution in [2.75, 3.05) is 7.05 Å². The molecule has 0 aliphatic carbocycles. The SMILES string of the molecule is Cc1csc(CN(C)Cc2cc(=O)n3[nH]c(C)cc3n2)n1. The molecule has 0 amide bonds. The van der Waals surface area contributed by atoms with E-state index in [0.29, 0.717) is 12.2 Å². The van der Waals surface area contributed by atoms with E-state index in [1.54, 1.807) is 17.4 Å². The largest absolute Gasteiger partial charge is 0.294 e. The van der Waals surface area contributed by atoms with Crippen LogP contribution >= 0.6 is 11.3 Å². The lowest BCUT2D eigenvalue weighted by atomic mass is 10.3. The minimum Gasteiger partial charge on any atom is -0.294 e. The van der Waals surface area contributed by atoms with Gasteiger partial charge in [-0.1, -0.05) is 0 Å². The molecule has 3 aromatic heterocycles. The van der Waals surface area contributed by atoms with Gasteiger partial charge in [-0.15, -0.1) is 11.3 Å². The standard InChI is InChI=1S/C14H17N5OS/c1-9-4-12-16-11(5-14(20)19(12)17-9)6-18(3)7-13-15-10(2)8-21-13/h4-5,8,17H,6-7H2,1-3H3. The summed E-state index contributed by atoms with van der Waals surface area (Å²) in [6, 6.07) is 3.45. The number of rotatable bonds is 4. The summed E-state index contributed by atoms with van der Waals surface area (Å²) in [5, 5.41) is 6.09. The van der Waals surface area contributed by atoms with Gasteiger partial charge >= 0.3 is 0 Å². The van der Waals surface area contributed by atoms with E-state index in [0.717, 1.165) is 28.6 Å². The molecule has 3 rings (SSSR count). The van der Waals surface area contributed by atoms with E-state index >= 15 is 0 Å². The van der Waals surface area contributed by atoms with Crippen molar-refractivity contribution in [3.8, 4) is 0 Å². The molecule has 0 atom stereocenters. The van der Waals surface area contributed by atoms with Crippen LogP contribution in [0.15, 0.2) is 22.3 Å². The third-order valence-electron chi connectivity index (χ3n) is 3.14. The maximum atomic E-state index is 12.0. The van der Waals surface area contributed by atoms with Gasteiger partial charge in [0.2, 0.25) is 0 Å². The van der Waals surface area contributed by atoms with Gasteiger partial charge in [-0.25, -0.2) is 14.5 Å². The predicted molar refractivity (Wildman–Crippen MR) is 82.6 cm³/mol. The first-order valence-electron chi connectivity index (χ1n) is 6.69. The fourth-order valence-electron chi connectivity index (χ4n) is 2.28. The van der Waals surface area contributed by atoms with Crippen LogP contribution in [0.1, 0.15) is 22.1 Å². The molecule has 21 heavy (non-hydrogen) atoms. The molecule has 6 nitrogen and oxygen atoms in total. The van der Waals surface area contributed by atoms with Crippen LogP contribution in [-0.4, -0.2) is 31.5 Å². The van der Waals surface area contributed by atoms with Crippen molar-refractivity contribution in [1.82, 2.24) is 24.5 Å². The Morgan fingerprint density at radius 3 is 2.81 bits per heavy atom. The van der Waals surface area contributed by atoms with Crippen molar-refractivity contribution in [2.45, 2.75) is 26.9 Å². The Bertz CT molecular complexity index is 831. The van der Waals surface area contributed by atoms with E-state index in [-0.39, 0.29) is 5.56 Å². The van der Waals surface area contributed by atoms with Crippen LogP contribution in [0.4, 0.5) is 0 Å². The van der Waals surface area contributed by atoms with Gasteiger partial charge in [0.15, 0.2) is 5.65 Å². The third kappa shape index (κ3) is 3.03. The number of H-pyrrole nitrogens is 1. The minimum atomic E-state index is -0.0819. The first-order chi connectivity index (χ1) is 10.0. The molecule has 3 heterocycles. The average molecular weight is 303 g/mol. The van der Waals surface area contributed by atoms with E-state index in [9.17, 15) is 4.79 Å². The van der Waals surface area contributed by atoms with Crippen molar-refractivity contribution >= 4 is 17.0 Å². The van der Waals surface area contributed by atoms with Gasteiger partial charge in [0.05, 0.1) is 12.2 Å². The summed E-state index contributed by atoms with van der Waals surface area (Å²) >= 11 is 1.65. The summed E-state index contributed by atoms with van der Waals surface area (Å²) in [4.78, 5) is 23.1. The minimum absolute atomic E-state index is 0.0819. The van der Waals surface area contributed by atoms with Crippen LogP contribution < -0.4 is 5.56 Å². The molecule has 0 saturated heterocycles. The van der Waals surface area contributed by atoms with Crippen LogP contribution in [0.3, 0.4) is 0 Å². The molecule has 0 radical (unpaired) electrons. The van der Waals surface area contributed by atoms with E-state index < -0.39 is 0 Å². The molecule has 0 unspecified atom stereocenters. The number of nitrogens with one attached hydrogen (secondary N) is 1. The Morgan fingerprint density at radius 2 is 2.10 bits per heavy atom. The van der Waals surface area contributed by atoms with Crippen molar-refractivity contribution < 1.29 is 0 Å². The lowest BCUT2D eigenvalue weighted by molar-refractivity contribution is 0.314. The first-order valence-corrected chi connectivity index (χ1v) is 7.57. The van der Waals surface area contributed by atoms with Crippen LogP contribution in [-0.2, 0) is 13.1 Å². The van der Waals surface area contributed by atoms with Crippen LogP contribution in [0, 0.1) is 13.8 Å². The van der Waals surface area contributed by atoms with Gasteiger partial charge < -0.3 is 0 Å². The smallest absolute Gasteiger partial charge is 0.272 e. The van der Waals surface area contributed by atoms with E-state index in [1.807, 2.05) is 32.3 Å². The number of nitrogens with zero attached hydrogens (tertiary/aromatic N) is 4. The molecule has 3 aromatic rings. The zero-order valence-electron chi connectivity index (χ0n) is 12.3. The second kappa shape index (κ2) is 5.42. The normalized spacial score (nSPS) is 11.6. The van der Waals surface area contributed by atoms with Gasteiger partial charge in [-0.3, -0.25) is 14.8 Å². The molecule has 0 aliphatic rings. The highest BCUT2D eigenvalue weighted by molar-refractivity contribution is 7.09. The molecular weight excluding hydrogens is 286 g/mol. The number of hydrogen-bond donors (Lipinski definition) is 1. The Balaban J connectivity index is 1.79. The molecule has 110 valence electrons. The van der Waals surface area contributed by atoms with Gasteiger partial charge in [0.1, 0.15) is 5.01 Å². The Hall–Kier alpha value is -1.99. The number of aromatic amines is 1. The van der Waals surface area contributed by atoms with Crippen LogP contribution in [0.5, 0.6) is 0 Å². The lowest BCUT2D eigenvalue weighted by Gasteiger charge is -2.14. The quantitative estimate of drug-likeness (QED) is 0.797. The lowest BCUT2D eigenvalue weighted by Crippen LogP contribution is -2.21. The van der Waals surface area contributed by atoms with Crippen LogP contribution in [0.25, 0.3) is 5.65 Å². The summed E-state index contributed by atoms with van der Waals surface area (Å²) in [7, 11) is 2.00. The molecule has 0 aromatic carbocycles. The highest BCUT2D eigenvalue weighted by Crippen LogP contribution is 2.12. The monoisotopic (exact) mass is 303 g/mol. The summed E-state index contributed by atoms with van der Waals surface area (Å²) in [5.41, 5.74) is 3.32. The number of thiazole rings is 1. The summed E-state index contributed by atoms with van der Waals surface area (Å²) in [5.74, 6) is 0. The van der Waals surface area contributed by atoms with E-state index in [2.05, 4.69) is 20.0 Å². The zero-order chi connectivity index (χ0) is 15.0. The van der Waals surface area contributed by atoms with Gasteiger partial charge in [0, 0.05) is 35.4 Å². The molecule has 7 heteroatoms. The molecule has 0 saturated carbocycles. The summed E-state index contributed by atoms with van der Waals surface area (Å²) in [6.45, 7) is 5.27. The number of aromatic nitrogens is 4. The third-order valence-corrected chi connectivity index (χ3v) is 4.09. The topological polar surface area (TPSA) is 66.3 Å². The van der Waals surface area contributed by atoms with E-state index in [1.165, 1.54) is 4.52 Å². The van der Waals surface area contributed by atoms with Crippen molar-refractivity contribution in [3.05, 3.63) is 50.0 Å². The van der Waals surface area contributed by atoms with Crippen molar-refractivity contribution in [1.29, 1.82) is 0 Å². The van der Waals surface area contributed by atoms with E-state index in [4.69, 9.17) is 0 Å². The first kappa shape index (κ1) is 14.0. The second-order valence-corrected chi connectivity index (χ2v) is 6.22. The maximum Gasteiger partial charge on any atom is 0.272 e. The Morgan fingerprint density at radius 1 is 1.29 bits per heavy atom. The summed E-state index contributed by atoms with van der Waals surface area (Å²) < 4.78 is 1.46. The number of hydrogen-bond acceptors (Lipinski definition) is 5. The Kier molecular flexibility index (Phi) is 3.60. The second-order valence-electron chi connectivity index (χ2n) is 5.27. The molecule has 1 N–H and O–H groups in total. The van der Waals surface area contributed by atoms with Crippen LogP contribution in [0.2, 0.25) is 0 Å². The average Bonchev–Trinajstić information content (AvgIpc) is 2.95. The number of aryl methyl sites for hydroxylation is 2. The highest BCUT2D eigenvalue weighted by atomic mass is 32.1. The Labute approximate surface area is 126 Å². The molecular formula is C14H17N5OS. The van der Waals surface area contributed by atoms with Crippen molar-refractivity contribution in [2.24, 2.45) is 0 Å². The molecule has 0 fully saturated rings. The highest BCUT2D eigenvalue weighted by Gasteiger charge is 2.09. The summed E-state index contributed by atoms with van der Waals surface area (Å²) in [6.07, 6.45) is 0. The van der Waals surface area contributed by atoms with Gasteiger partial charge in [0.25, 0.3) is 5.56 Å². The molecule has 0 spiro atoms. The fraction of sp³-hybridized carbons (Fsp3) is 0.357. The molecule has 0 aliphatic heterocycles. The maximum absolute atomic E-state index is 12.0. The number of fused-ring (bicyclic) bond motifs is 1. The van der Waals surface area contributed by atoms with Crippen molar-refractivity contribution in [3.63, 3.8) is 0 Å².